The van der Waals surface area contributed by atoms with E-state index < -0.39 is 0 Å². The Hall–Kier alpha value is -2.04. The maximum Gasteiger partial charge on any atom is 0.320 e. The molecule has 24 heavy (non-hydrogen) atoms. The van der Waals surface area contributed by atoms with Crippen molar-refractivity contribution >= 4 is 17.6 Å². The number of anilines is 1. The maximum absolute atomic E-state index is 12.6. The van der Waals surface area contributed by atoms with Gasteiger partial charge in [0.1, 0.15) is 0 Å². The molecule has 5 nitrogen and oxygen atoms in total. The van der Waals surface area contributed by atoms with Gasteiger partial charge in [-0.25, -0.2) is 4.79 Å². The summed E-state index contributed by atoms with van der Waals surface area (Å²) in [7, 11) is 0. The van der Waals surface area contributed by atoms with Gasteiger partial charge in [-0.15, -0.1) is 0 Å². The van der Waals surface area contributed by atoms with E-state index in [2.05, 4.69) is 0 Å². The van der Waals surface area contributed by atoms with Crippen LogP contribution < -0.4 is 4.90 Å². The van der Waals surface area contributed by atoms with Crippen LogP contribution in [0.5, 0.6) is 0 Å². The first-order valence-corrected chi connectivity index (χ1v) is 8.98. The van der Waals surface area contributed by atoms with Gasteiger partial charge in [0.2, 0.25) is 5.91 Å². The lowest BCUT2D eigenvalue weighted by Crippen LogP contribution is -2.42. The first-order valence-electron chi connectivity index (χ1n) is 8.98. The van der Waals surface area contributed by atoms with Gasteiger partial charge >= 0.3 is 6.03 Å². The Bertz CT molecular complexity index is 668. The molecule has 3 amide bonds. The van der Waals surface area contributed by atoms with Crippen LogP contribution in [0.4, 0.5) is 10.5 Å². The Balaban J connectivity index is 1.48. The number of hydrogen-bond donors (Lipinski definition) is 0. The van der Waals surface area contributed by atoms with Crippen LogP contribution in [0.1, 0.15) is 31.2 Å². The molecule has 4 rings (SSSR count). The second-order valence-electron chi connectivity index (χ2n) is 7.59. The molecule has 1 aromatic rings. The average Bonchev–Trinajstić information content (AvgIpc) is 3.29. The number of nitrogens with zero attached hydrogens (tertiary/aromatic N) is 3. The number of hydrogen-bond acceptors (Lipinski definition) is 2. The average molecular weight is 327 g/mol. The van der Waals surface area contributed by atoms with Crippen molar-refractivity contribution in [1.29, 1.82) is 0 Å². The minimum absolute atomic E-state index is 0.0608. The van der Waals surface area contributed by atoms with Crippen LogP contribution >= 0.6 is 0 Å². The normalized spacial score (nSPS) is 26.9. The van der Waals surface area contributed by atoms with E-state index in [0.29, 0.717) is 6.42 Å². The zero-order valence-electron chi connectivity index (χ0n) is 14.3. The van der Waals surface area contributed by atoms with Crippen LogP contribution in [0, 0.1) is 12.3 Å². The van der Waals surface area contributed by atoms with Gasteiger partial charge in [-0.3, -0.25) is 4.79 Å². The number of carbonyl (C=O) groups excluding carboxylic acids is 2. The SMILES string of the molecule is Cc1ccccc1N1C[C@@]2(CCN(C(=O)N3CCCC3)C2)CC1=O. The van der Waals surface area contributed by atoms with E-state index >= 15 is 0 Å². The summed E-state index contributed by atoms with van der Waals surface area (Å²) in [4.78, 5) is 31.1. The standard InChI is InChI=1S/C19H25N3O2/c1-15-6-2-3-7-16(15)22-14-19(12-17(22)23)8-11-21(13-19)18(24)20-9-4-5-10-20/h2-3,6-7H,4-5,8-14H2,1H3/t19-/m0/s1. The van der Waals surface area contributed by atoms with E-state index in [1.54, 1.807) is 0 Å². The molecule has 0 aliphatic carbocycles. The minimum atomic E-state index is -0.0608. The molecule has 1 atom stereocenters. The van der Waals surface area contributed by atoms with Gasteiger partial charge in [0, 0.05) is 50.2 Å². The molecule has 3 aliphatic rings. The molecule has 0 bridgehead atoms. The van der Waals surface area contributed by atoms with Crippen molar-refractivity contribution in [2.75, 3.05) is 37.6 Å². The second-order valence-corrected chi connectivity index (χ2v) is 7.59. The van der Waals surface area contributed by atoms with Gasteiger partial charge in [0.25, 0.3) is 0 Å². The van der Waals surface area contributed by atoms with E-state index in [-0.39, 0.29) is 17.4 Å². The summed E-state index contributed by atoms with van der Waals surface area (Å²) < 4.78 is 0. The van der Waals surface area contributed by atoms with Gasteiger partial charge in [0.15, 0.2) is 0 Å². The third-order valence-electron chi connectivity index (χ3n) is 5.81. The van der Waals surface area contributed by atoms with E-state index in [0.717, 1.165) is 63.2 Å². The summed E-state index contributed by atoms with van der Waals surface area (Å²) in [5.74, 6) is 0.194. The van der Waals surface area contributed by atoms with Crippen LogP contribution in [0.3, 0.4) is 0 Å². The molecule has 1 aromatic carbocycles. The van der Waals surface area contributed by atoms with Crippen molar-refractivity contribution in [2.24, 2.45) is 5.41 Å². The molecule has 0 N–H and O–H groups in total. The molecule has 3 aliphatic heterocycles. The zero-order chi connectivity index (χ0) is 16.7. The van der Waals surface area contributed by atoms with E-state index in [1.807, 2.05) is 45.9 Å². The molecule has 3 saturated heterocycles. The fraction of sp³-hybridized carbons (Fsp3) is 0.579. The van der Waals surface area contributed by atoms with Crippen LogP contribution in [0.25, 0.3) is 0 Å². The zero-order valence-corrected chi connectivity index (χ0v) is 14.3. The van der Waals surface area contributed by atoms with Crippen molar-refractivity contribution in [1.82, 2.24) is 9.80 Å². The highest BCUT2D eigenvalue weighted by atomic mass is 16.2. The molecule has 0 aromatic heterocycles. The Morgan fingerprint density at radius 2 is 1.79 bits per heavy atom. The number of urea groups is 1. The Labute approximate surface area is 143 Å². The molecular formula is C19H25N3O2. The molecule has 5 heteroatoms. The number of benzene rings is 1. The second kappa shape index (κ2) is 5.80. The number of likely N-dealkylation sites (tertiary alicyclic amines) is 2. The van der Waals surface area contributed by atoms with Gasteiger partial charge in [-0.2, -0.15) is 0 Å². The third-order valence-corrected chi connectivity index (χ3v) is 5.81. The lowest BCUT2D eigenvalue weighted by atomic mass is 9.86. The third kappa shape index (κ3) is 2.56. The Kier molecular flexibility index (Phi) is 3.74. The summed E-state index contributed by atoms with van der Waals surface area (Å²) in [6.45, 7) is 6.06. The van der Waals surface area contributed by atoms with Gasteiger partial charge in [-0.1, -0.05) is 18.2 Å². The molecule has 3 heterocycles. The molecule has 1 spiro atoms. The highest BCUT2D eigenvalue weighted by molar-refractivity contribution is 5.97. The van der Waals surface area contributed by atoms with Crippen molar-refractivity contribution in [2.45, 2.75) is 32.6 Å². The van der Waals surface area contributed by atoms with Crippen molar-refractivity contribution in [3.63, 3.8) is 0 Å². The van der Waals surface area contributed by atoms with Crippen molar-refractivity contribution in [3.8, 4) is 0 Å². The summed E-state index contributed by atoms with van der Waals surface area (Å²) in [5, 5.41) is 0. The molecule has 0 unspecified atom stereocenters. The predicted octanol–water partition coefficient (Wildman–Crippen LogP) is 2.64. The topological polar surface area (TPSA) is 43.9 Å². The van der Waals surface area contributed by atoms with Gasteiger partial charge in [0.05, 0.1) is 0 Å². The lowest BCUT2D eigenvalue weighted by Gasteiger charge is -2.27. The Morgan fingerprint density at radius 3 is 2.54 bits per heavy atom. The lowest BCUT2D eigenvalue weighted by molar-refractivity contribution is -0.117. The van der Waals surface area contributed by atoms with Crippen LogP contribution in [0.15, 0.2) is 24.3 Å². The highest BCUT2D eigenvalue weighted by Crippen LogP contribution is 2.42. The van der Waals surface area contributed by atoms with Gasteiger partial charge < -0.3 is 14.7 Å². The van der Waals surface area contributed by atoms with Gasteiger partial charge in [-0.05, 0) is 37.8 Å². The smallest absolute Gasteiger partial charge is 0.320 e. The van der Waals surface area contributed by atoms with E-state index in [4.69, 9.17) is 0 Å². The first-order chi connectivity index (χ1) is 11.6. The molecule has 0 saturated carbocycles. The van der Waals surface area contributed by atoms with E-state index in [1.165, 1.54) is 0 Å². The number of para-hydroxylation sites is 1. The quantitative estimate of drug-likeness (QED) is 0.796. The molecule has 3 fully saturated rings. The minimum Gasteiger partial charge on any atom is -0.325 e. The molecular weight excluding hydrogens is 302 g/mol. The Morgan fingerprint density at radius 1 is 1.04 bits per heavy atom. The fourth-order valence-electron chi connectivity index (χ4n) is 4.46. The number of aryl methyl sites for hydroxylation is 1. The van der Waals surface area contributed by atoms with E-state index in [9.17, 15) is 9.59 Å². The monoisotopic (exact) mass is 327 g/mol. The van der Waals surface area contributed by atoms with Crippen LogP contribution in [-0.2, 0) is 4.79 Å². The summed E-state index contributed by atoms with van der Waals surface area (Å²) in [6, 6.07) is 8.23. The largest absolute Gasteiger partial charge is 0.325 e. The highest BCUT2D eigenvalue weighted by Gasteiger charge is 2.49. The number of carbonyl (C=O) groups is 2. The maximum atomic E-state index is 12.6. The summed E-state index contributed by atoms with van der Waals surface area (Å²) >= 11 is 0. The van der Waals surface area contributed by atoms with Crippen molar-refractivity contribution in [3.05, 3.63) is 29.8 Å². The van der Waals surface area contributed by atoms with Crippen LogP contribution in [0.2, 0.25) is 0 Å². The number of amides is 3. The summed E-state index contributed by atoms with van der Waals surface area (Å²) in [6.07, 6.45) is 3.72. The fourth-order valence-corrected chi connectivity index (χ4v) is 4.46. The molecule has 128 valence electrons. The molecule has 0 radical (unpaired) electrons. The van der Waals surface area contributed by atoms with Crippen LogP contribution in [-0.4, -0.2) is 54.5 Å². The summed E-state index contributed by atoms with van der Waals surface area (Å²) in [5.41, 5.74) is 2.09. The first kappa shape index (κ1) is 15.5. The number of rotatable bonds is 1. The van der Waals surface area contributed by atoms with Crippen molar-refractivity contribution < 1.29 is 9.59 Å². The predicted molar refractivity (Wildman–Crippen MR) is 93.0 cm³/mol.